The first kappa shape index (κ1) is 25.1. The van der Waals surface area contributed by atoms with Gasteiger partial charge in [-0.2, -0.15) is 0 Å². The Hall–Kier alpha value is -0.490. The second-order valence-corrected chi connectivity index (χ2v) is 11.8. The highest BCUT2D eigenvalue weighted by Crippen LogP contribution is 2.59. The Balaban J connectivity index is 1.77. The molecule has 0 unspecified atom stereocenters. The highest BCUT2D eigenvalue weighted by Gasteiger charge is 2.56. The molecule has 5 heteroatoms. The van der Waals surface area contributed by atoms with Crippen LogP contribution in [0.4, 0.5) is 0 Å². The van der Waals surface area contributed by atoms with Gasteiger partial charge < -0.3 is 20.4 Å². The molecule has 3 aliphatic rings. The van der Waals surface area contributed by atoms with Gasteiger partial charge in [-0.25, -0.2) is 0 Å². The fourth-order valence-corrected chi connectivity index (χ4v) is 7.68. The molecule has 5 nitrogen and oxygen atoms in total. The Morgan fingerprint density at radius 3 is 2.23 bits per heavy atom. The number of carbonyl (C=O) groups excluding carboxylic acids is 1. The molecule has 4 N–H and O–H groups in total. The molecule has 0 aromatic rings. The first-order valence-electron chi connectivity index (χ1n) is 12.8. The monoisotopic (exact) mass is 438 g/mol. The van der Waals surface area contributed by atoms with E-state index in [0.717, 1.165) is 12.8 Å². The highest BCUT2D eigenvalue weighted by atomic mass is 16.3. The lowest BCUT2D eigenvalue weighted by Crippen LogP contribution is -2.54. The van der Waals surface area contributed by atoms with Gasteiger partial charge in [0.1, 0.15) is 5.78 Å². The van der Waals surface area contributed by atoms with Gasteiger partial charge in [0.25, 0.3) is 0 Å². The molecule has 0 heterocycles. The van der Waals surface area contributed by atoms with Crippen LogP contribution in [0.15, 0.2) is 0 Å². The lowest BCUT2D eigenvalue weighted by Gasteiger charge is -2.49. The molecule has 3 saturated carbocycles. The fraction of sp³-hybridized carbons (Fsp3) is 0.962. The third kappa shape index (κ3) is 5.05. The van der Waals surface area contributed by atoms with E-state index in [9.17, 15) is 25.2 Å². The predicted molar refractivity (Wildman–Crippen MR) is 121 cm³/mol. The molecule has 0 amide bonds. The molecule has 0 aliphatic heterocycles. The number of Topliss-reactive ketones (excluding diaryl/α,β-unsaturated/α-hetero) is 1. The molecule has 0 aromatic heterocycles. The predicted octanol–water partition coefficient (Wildman–Crippen LogP) is 3.56. The van der Waals surface area contributed by atoms with Crippen molar-refractivity contribution in [3.8, 4) is 0 Å². The summed E-state index contributed by atoms with van der Waals surface area (Å²) in [6.07, 6.45) is 5.11. The van der Waals surface area contributed by atoms with E-state index in [1.54, 1.807) is 0 Å². The third-order valence-electron chi connectivity index (χ3n) is 9.44. The van der Waals surface area contributed by atoms with Crippen molar-refractivity contribution >= 4 is 5.78 Å². The Morgan fingerprint density at radius 1 is 0.935 bits per heavy atom. The van der Waals surface area contributed by atoms with Crippen LogP contribution < -0.4 is 0 Å². The molecule has 180 valence electrons. The van der Waals surface area contributed by atoms with Crippen LogP contribution in [-0.2, 0) is 4.79 Å². The van der Waals surface area contributed by atoms with Crippen molar-refractivity contribution in [2.75, 3.05) is 6.61 Å². The van der Waals surface area contributed by atoms with Crippen LogP contribution in [0.25, 0.3) is 0 Å². The average Bonchev–Trinajstić information content (AvgIpc) is 3.02. The van der Waals surface area contributed by atoms with Gasteiger partial charge in [0.2, 0.25) is 0 Å². The van der Waals surface area contributed by atoms with Crippen LogP contribution in [0.2, 0.25) is 0 Å². The van der Waals surface area contributed by atoms with E-state index >= 15 is 0 Å². The van der Waals surface area contributed by atoms with Crippen molar-refractivity contribution in [2.45, 2.75) is 104 Å². The molecular formula is C26H46O5. The lowest BCUT2D eigenvalue weighted by atomic mass is 9.56. The van der Waals surface area contributed by atoms with E-state index in [2.05, 4.69) is 27.7 Å². The zero-order valence-corrected chi connectivity index (χ0v) is 20.0. The summed E-state index contributed by atoms with van der Waals surface area (Å²) < 4.78 is 0. The van der Waals surface area contributed by atoms with Crippen molar-refractivity contribution in [1.82, 2.24) is 0 Å². The van der Waals surface area contributed by atoms with E-state index in [4.69, 9.17) is 0 Å². The van der Waals surface area contributed by atoms with Gasteiger partial charge in [-0.05, 0) is 73.5 Å². The van der Waals surface area contributed by atoms with Crippen molar-refractivity contribution in [2.24, 2.45) is 46.8 Å². The summed E-state index contributed by atoms with van der Waals surface area (Å²) in [6, 6.07) is 0. The number of ketones is 1. The summed E-state index contributed by atoms with van der Waals surface area (Å²) in [5.41, 5.74) is -0.105. The molecule has 3 aliphatic carbocycles. The number of fused-ring (bicyclic) bond motifs is 1. The zero-order valence-electron chi connectivity index (χ0n) is 20.0. The van der Waals surface area contributed by atoms with Crippen molar-refractivity contribution in [3.05, 3.63) is 0 Å². The summed E-state index contributed by atoms with van der Waals surface area (Å²) >= 11 is 0. The van der Waals surface area contributed by atoms with E-state index in [-0.39, 0.29) is 47.9 Å². The van der Waals surface area contributed by atoms with E-state index < -0.39 is 18.3 Å². The summed E-state index contributed by atoms with van der Waals surface area (Å²) in [7, 11) is 0. The summed E-state index contributed by atoms with van der Waals surface area (Å²) in [6.45, 7) is 9.27. The second-order valence-electron chi connectivity index (χ2n) is 11.8. The lowest BCUT2D eigenvalue weighted by molar-refractivity contribution is -0.155. The van der Waals surface area contributed by atoms with Crippen molar-refractivity contribution in [3.63, 3.8) is 0 Å². The standard InChI is InChI=1S/C26H46O5/c1-15(2)6-5-7-16(3)20-8-9-21(26(20,4)10-11-27)19-14-22(28)17-12-23(29)24(30)13-18(17)25(19)31/h15-24,27-30H,5-14H2,1-4H3/t16-,17-,18-,19+,20-,21+,22-,23+,24+,26-/m1/s1. The number of carbonyl (C=O) groups is 1. The van der Waals surface area contributed by atoms with Gasteiger partial charge in [-0.15, -0.1) is 0 Å². The van der Waals surface area contributed by atoms with Crippen LogP contribution in [0, 0.1) is 46.8 Å². The maximum atomic E-state index is 13.6. The smallest absolute Gasteiger partial charge is 0.139 e. The molecular weight excluding hydrogens is 392 g/mol. The average molecular weight is 439 g/mol. The third-order valence-corrected chi connectivity index (χ3v) is 9.44. The van der Waals surface area contributed by atoms with E-state index in [0.29, 0.717) is 37.0 Å². The highest BCUT2D eigenvalue weighted by molar-refractivity contribution is 5.85. The molecule has 31 heavy (non-hydrogen) atoms. The van der Waals surface area contributed by atoms with Gasteiger partial charge >= 0.3 is 0 Å². The Kier molecular flexibility index (Phi) is 8.27. The molecule has 3 rings (SSSR count). The summed E-state index contributed by atoms with van der Waals surface area (Å²) in [5.74, 6) is 1.31. The van der Waals surface area contributed by atoms with Gasteiger partial charge in [0, 0.05) is 18.4 Å². The number of aliphatic hydroxyl groups is 4. The molecule has 0 saturated heterocycles. The number of hydrogen-bond donors (Lipinski definition) is 4. The minimum Gasteiger partial charge on any atom is -0.396 e. The Labute approximate surface area is 188 Å². The molecule has 0 radical (unpaired) electrons. The van der Waals surface area contributed by atoms with Crippen molar-refractivity contribution < 1.29 is 25.2 Å². The molecule has 10 atom stereocenters. The van der Waals surface area contributed by atoms with Gasteiger partial charge in [-0.3, -0.25) is 4.79 Å². The van der Waals surface area contributed by atoms with Crippen LogP contribution in [-0.4, -0.2) is 51.1 Å². The zero-order chi connectivity index (χ0) is 22.9. The fourth-order valence-electron chi connectivity index (χ4n) is 7.68. The summed E-state index contributed by atoms with van der Waals surface area (Å²) in [4.78, 5) is 13.6. The van der Waals surface area contributed by atoms with Crippen LogP contribution in [0.5, 0.6) is 0 Å². The number of aliphatic hydroxyl groups excluding tert-OH is 4. The minimum absolute atomic E-state index is 0.105. The minimum atomic E-state index is -0.878. The van der Waals surface area contributed by atoms with E-state index in [1.165, 1.54) is 19.3 Å². The van der Waals surface area contributed by atoms with Gasteiger partial charge in [-0.1, -0.05) is 47.0 Å². The molecule has 0 aromatic carbocycles. The maximum Gasteiger partial charge on any atom is 0.139 e. The van der Waals surface area contributed by atoms with Crippen LogP contribution in [0.3, 0.4) is 0 Å². The molecule has 0 spiro atoms. The molecule has 0 bridgehead atoms. The first-order chi connectivity index (χ1) is 14.6. The van der Waals surface area contributed by atoms with Crippen molar-refractivity contribution in [1.29, 1.82) is 0 Å². The largest absolute Gasteiger partial charge is 0.396 e. The SMILES string of the molecule is CC(C)CCC[C@@H](C)[C@H]1CC[C@@H]([C@@H]2C[C@@H](O)[C@@H]3C[C@H](O)[C@@H](O)C[C@H]3C2=O)[C@]1(C)CCO. The van der Waals surface area contributed by atoms with Crippen LogP contribution >= 0.6 is 0 Å². The quantitative estimate of drug-likeness (QED) is 0.464. The van der Waals surface area contributed by atoms with E-state index in [1.807, 2.05) is 0 Å². The topological polar surface area (TPSA) is 98.0 Å². The normalized spacial score (nSPS) is 44.5. The molecule has 3 fully saturated rings. The maximum absolute atomic E-state index is 13.6. The van der Waals surface area contributed by atoms with Gasteiger partial charge in [0.05, 0.1) is 18.3 Å². The number of rotatable bonds is 8. The second kappa shape index (κ2) is 10.2. The Morgan fingerprint density at radius 2 is 1.58 bits per heavy atom. The van der Waals surface area contributed by atoms with Gasteiger partial charge in [0.15, 0.2) is 0 Å². The summed E-state index contributed by atoms with van der Waals surface area (Å²) in [5, 5.41) is 41.1. The van der Waals surface area contributed by atoms with Crippen LogP contribution in [0.1, 0.15) is 85.5 Å². The number of hydrogen-bond acceptors (Lipinski definition) is 5. The first-order valence-corrected chi connectivity index (χ1v) is 12.8. The Bertz CT molecular complexity index is 607.